The summed E-state index contributed by atoms with van der Waals surface area (Å²) in [6.45, 7) is 0.224. The maximum Gasteiger partial charge on any atom is 0.408 e. The van der Waals surface area contributed by atoms with E-state index in [1.165, 1.54) is 0 Å². The van der Waals surface area contributed by atoms with Gasteiger partial charge in [0.05, 0.1) is 6.04 Å². The minimum atomic E-state index is -0.531. The monoisotopic (exact) mass is 247 g/mol. The molecule has 1 aliphatic carbocycles. The number of alkyl carbamates (subject to hydrolysis) is 1. The summed E-state index contributed by atoms with van der Waals surface area (Å²) >= 11 is 0. The maximum absolute atomic E-state index is 11.5. The molecule has 1 amide bonds. The molecule has 0 saturated heterocycles. The van der Waals surface area contributed by atoms with Gasteiger partial charge in [-0.05, 0) is 17.9 Å². The van der Waals surface area contributed by atoms with E-state index < -0.39 is 12.1 Å². The van der Waals surface area contributed by atoms with E-state index in [-0.39, 0.29) is 6.61 Å². The molecule has 0 aromatic heterocycles. The lowest BCUT2D eigenvalue weighted by molar-refractivity contribution is -0.109. The maximum atomic E-state index is 11.5. The summed E-state index contributed by atoms with van der Waals surface area (Å²) in [5.41, 5.74) is 0.928. The van der Waals surface area contributed by atoms with Gasteiger partial charge in [0.1, 0.15) is 12.9 Å². The van der Waals surface area contributed by atoms with Crippen LogP contribution in [-0.2, 0) is 16.1 Å². The Morgan fingerprint density at radius 3 is 2.72 bits per heavy atom. The molecule has 18 heavy (non-hydrogen) atoms. The number of hydrogen-bond donors (Lipinski definition) is 1. The lowest BCUT2D eigenvalue weighted by Gasteiger charge is -2.12. The minimum absolute atomic E-state index is 0.224. The van der Waals surface area contributed by atoms with Crippen LogP contribution in [0.25, 0.3) is 0 Å². The van der Waals surface area contributed by atoms with Crippen molar-refractivity contribution in [3.63, 3.8) is 0 Å². The van der Waals surface area contributed by atoms with Crippen LogP contribution in [0.15, 0.2) is 30.3 Å². The predicted molar refractivity (Wildman–Crippen MR) is 67.0 cm³/mol. The van der Waals surface area contributed by atoms with Gasteiger partial charge in [0.2, 0.25) is 0 Å². The summed E-state index contributed by atoms with van der Waals surface area (Å²) in [7, 11) is 0. The van der Waals surface area contributed by atoms with Crippen LogP contribution in [0, 0.1) is 5.92 Å². The molecule has 0 bridgehead atoms. The molecule has 1 N–H and O–H groups in total. The van der Waals surface area contributed by atoms with Crippen LogP contribution in [-0.4, -0.2) is 18.4 Å². The number of carbonyl (C=O) groups is 2. The fourth-order valence-electron chi connectivity index (χ4n) is 1.78. The van der Waals surface area contributed by atoms with Crippen molar-refractivity contribution >= 4 is 12.4 Å². The Balaban J connectivity index is 1.72. The third-order valence-electron chi connectivity index (χ3n) is 2.96. The average Bonchev–Trinajstić information content (AvgIpc) is 3.21. The van der Waals surface area contributed by atoms with Gasteiger partial charge in [-0.25, -0.2) is 4.79 Å². The van der Waals surface area contributed by atoms with Crippen molar-refractivity contribution in [2.24, 2.45) is 5.92 Å². The van der Waals surface area contributed by atoms with Crippen LogP contribution in [0.5, 0.6) is 0 Å². The standard InChI is InChI=1S/C14H17NO3/c16-9-13(8-11-6-7-11)15-14(17)18-10-12-4-2-1-3-5-12/h1-5,9,11,13H,6-8,10H2,(H,15,17). The summed E-state index contributed by atoms with van der Waals surface area (Å²) in [5.74, 6) is 0.592. The number of ether oxygens (including phenoxy) is 1. The molecule has 0 radical (unpaired) electrons. The zero-order valence-corrected chi connectivity index (χ0v) is 10.2. The molecule has 96 valence electrons. The highest BCUT2D eigenvalue weighted by Crippen LogP contribution is 2.33. The van der Waals surface area contributed by atoms with Gasteiger partial charge in [-0.15, -0.1) is 0 Å². The molecule has 1 aromatic rings. The molecule has 4 nitrogen and oxygen atoms in total. The smallest absolute Gasteiger partial charge is 0.408 e. The average molecular weight is 247 g/mol. The quantitative estimate of drug-likeness (QED) is 0.785. The topological polar surface area (TPSA) is 55.4 Å². The Morgan fingerprint density at radius 2 is 2.11 bits per heavy atom. The second kappa shape index (κ2) is 6.19. The first-order chi connectivity index (χ1) is 8.78. The molecule has 2 rings (SSSR count). The Kier molecular flexibility index (Phi) is 4.34. The van der Waals surface area contributed by atoms with Gasteiger partial charge in [0.15, 0.2) is 0 Å². The van der Waals surface area contributed by atoms with Crippen LogP contribution in [0.4, 0.5) is 4.79 Å². The summed E-state index contributed by atoms with van der Waals surface area (Å²) in [6, 6.07) is 9.03. The van der Waals surface area contributed by atoms with Crippen molar-refractivity contribution < 1.29 is 14.3 Å². The Bertz CT molecular complexity index is 401. The molecular formula is C14H17NO3. The van der Waals surface area contributed by atoms with Gasteiger partial charge in [0.25, 0.3) is 0 Å². The van der Waals surface area contributed by atoms with Gasteiger partial charge < -0.3 is 14.8 Å². The second-order valence-corrected chi connectivity index (χ2v) is 4.63. The van der Waals surface area contributed by atoms with Gasteiger partial charge >= 0.3 is 6.09 Å². The van der Waals surface area contributed by atoms with E-state index in [2.05, 4.69) is 5.32 Å². The number of carbonyl (C=O) groups excluding carboxylic acids is 2. The minimum Gasteiger partial charge on any atom is -0.445 e. The van der Waals surface area contributed by atoms with Gasteiger partial charge in [-0.3, -0.25) is 0 Å². The van der Waals surface area contributed by atoms with Gasteiger partial charge in [-0.2, -0.15) is 0 Å². The first-order valence-corrected chi connectivity index (χ1v) is 6.20. The summed E-state index contributed by atoms with van der Waals surface area (Å²) in [4.78, 5) is 22.3. The van der Waals surface area contributed by atoms with Crippen LogP contribution in [0.1, 0.15) is 24.8 Å². The van der Waals surface area contributed by atoms with Crippen LogP contribution >= 0.6 is 0 Å². The zero-order valence-electron chi connectivity index (χ0n) is 10.2. The van der Waals surface area contributed by atoms with Crippen molar-refractivity contribution in [3.05, 3.63) is 35.9 Å². The molecule has 1 saturated carbocycles. The summed E-state index contributed by atoms with van der Waals surface area (Å²) in [6.07, 6.45) is 3.29. The molecular weight excluding hydrogens is 230 g/mol. The van der Waals surface area contributed by atoms with Gasteiger partial charge in [-0.1, -0.05) is 43.2 Å². The normalized spacial score (nSPS) is 15.8. The first kappa shape index (κ1) is 12.6. The van der Waals surface area contributed by atoms with Crippen molar-refractivity contribution in [1.29, 1.82) is 0 Å². The van der Waals surface area contributed by atoms with E-state index in [0.717, 1.165) is 31.1 Å². The highest BCUT2D eigenvalue weighted by molar-refractivity contribution is 5.73. The largest absolute Gasteiger partial charge is 0.445 e. The van der Waals surface area contributed by atoms with Crippen molar-refractivity contribution in [2.75, 3.05) is 0 Å². The third kappa shape index (κ3) is 4.20. The number of rotatable bonds is 6. The Labute approximate surface area is 106 Å². The number of benzene rings is 1. The predicted octanol–water partition coefficient (Wildman–Crippen LogP) is 2.28. The molecule has 4 heteroatoms. The molecule has 1 aromatic carbocycles. The lowest BCUT2D eigenvalue weighted by Crippen LogP contribution is -2.36. The van der Waals surface area contributed by atoms with Crippen LogP contribution in [0.2, 0.25) is 0 Å². The van der Waals surface area contributed by atoms with E-state index >= 15 is 0 Å². The molecule has 1 unspecified atom stereocenters. The number of aldehydes is 1. The van der Waals surface area contributed by atoms with Crippen molar-refractivity contribution in [3.8, 4) is 0 Å². The number of hydrogen-bond acceptors (Lipinski definition) is 3. The van der Waals surface area contributed by atoms with E-state index in [4.69, 9.17) is 4.74 Å². The third-order valence-corrected chi connectivity index (χ3v) is 2.96. The van der Waals surface area contributed by atoms with Crippen molar-refractivity contribution in [1.82, 2.24) is 5.32 Å². The number of amides is 1. The van der Waals surface area contributed by atoms with E-state index in [1.807, 2.05) is 30.3 Å². The molecule has 0 heterocycles. The lowest BCUT2D eigenvalue weighted by atomic mass is 10.1. The molecule has 1 atom stereocenters. The zero-order chi connectivity index (χ0) is 12.8. The fraction of sp³-hybridized carbons (Fsp3) is 0.429. The summed E-state index contributed by atoms with van der Waals surface area (Å²) < 4.78 is 5.05. The molecule has 1 fully saturated rings. The van der Waals surface area contributed by atoms with Crippen molar-refractivity contribution in [2.45, 2.75) is 31.9 Å². The molecule has 0 spiro atoms. The number of nitrogens with one attached hydrogen (secondary N) is 1. The van der Waals surface area contributed by atoms with E-state index in [1.54, 1.807) is 0 Å². The van der Waals surface area contributed by atoms with Gasteiger partial charge in [0, 0.05) is 0 Å². The molecule has 0 aliphatic heterocycles. The Morgan fingerprint density at radius 1 is 1.39 bits per heavy atom. The second-order valence-electron chi connectivity index (χ2n) is 4.63. The SMILES string of the molecule is O=CC(CC1CC1)NC(=O)OCc1ccccc1. The first-order valence-electron chi connectivity index (χ1n) is 6.20. The van der Waals surface area contributed by atoms with Crippen LogP contribution < -0.4 is 5.32 Å². The summed E-state index contributed by atoms with van der Waals surface area (Å²) in [5, 5.41) is 2.58. The Hall–Kier alpha value is -1.84. The van der Waals surface area contributed by atoms with E-state index in [0.29, 0.717) is 5.92 Å². The van der Waals surface area contributed by atoms with Crippen LogP contribution in [0.3, 0.4) is 0 Å². The highest BCUT2D eigenvalue weighted by Gasteiger charge is 2.26. The fourth-order valence-corrected chi connectivity index (χ4v) is 1.78. The molecule has 1 aliphatic rings. The van der Waals surface area contributed by atoms with E-state index in [9.17, 15) is 9.59 Å². The highest BCUT2D eigenvalue weighted by atomic mass is 16.5.